The van der Waals surface area contributed by atoms with Crippen LogP contribution in [0.2, 0.25) is 0 Å². The molecule has 0 spiro atoms. The Morgan fingerprint density at radius 3 is 2.65 bits per heavy atom. The Bertz CT molecular complexity index is 525. The lowest BCUT2D eigenvalue weighted by molar-refractivity contribution is 0.304. The third kappa shape index (κ3) is 3.01. The molecule has 0 saturated heterocycles. The van der Waals surface area contributed by atoms with Gasteiger partial charge < -0.3 is 10.5 Å². The number of benzene rings is 2. The number of hydrogen-bond acceptors (Lipinski definition) is 2. The number of anilines is 1. The second-order valence-electron chi connectivity index (χ2n) is 3.91. The average Bonchev–Trinajstić information content (AvgIpc) is 2.32. The summed E-state index contributed by atoms with van der Waals surface area (Å²) < 4.78 is 6.66. The average molecular weight is 292 g/mol. The molecule has 0 bridgehead atoms. The molecule has 2 aromatic carbocycles. The van der Waals surface area contributed by atoms with Crippen molar-refractivity contribution >= 4 is 21.6 Å². The second-order valence-corrected chi connectivity index (χ2v) is 4.76. The zero-order valence-corrected chi connectivity index (χ0v) is 11.2. The van der Waals surface area contributed by atoms with E-state index in [-0.39, 0.29) is 0 Å². The molecule has 2 N–H and O–H groups in total. The summed E-state index contributed by atoms with van der Waals surface area (Å²) in [7, 11) is 0. The van der Waals surface area contributed by atoms with Gasteiger partial charge in [0, 0.05) is 10.2 Å². The highest BCUT2D eigenvalue weighted by atomic mass is 79.9. The van der Waals surface area contributed by atoms with Crippen molar-refractivity contribution in [2.75, 3.05) is 5.73 Å². The Morgan fingerprint density at radius 2 is 1.94 bits per heavy atom. The highest BCUT2D eigenvalue weighted by Crippen LogP contribution is 2.22. The third-order valence-electron chi connectivity index (χ3n) is 2.55. The Hall–Kier alpha value is -1.48. The largest absolute Gasteiger partial charge is 0.489 e. The fourth-order valence-electron chi connectivity index (χ4n) is 1.54. The van der Waals surface area contributed by atoms with Gasteiger partial charge in [-0.25, -0.2) is 0 Å². The fourth-order valence-corrected chi connectivity index (χ4v) is 1.97. The Labute approximate surface area is 110 Å². The quantitative estimate of drug-likeness (QED) is 0.870. The van der Waals surface area contributed by atoms with Gasteiger partial charge in [-0.2, -0.15) is 0 Å². The van der Waals surface area contributed by atoms with Crippen LogP contribution < -0.4 is 10.5 Å². The van der Waals surface area contributed by atoms with E-state index in [1.165, 1.54) is 0 Å². The van der Waals surface area contributed by atoms with Crippen molar-refractivity contribution < 1.29 is 4.74 Å². The SMILES string of the molecule is Cc1ccccc1OCc1ccc(N)c(Br)c1. The molecule has 2 nitrogen and oxygen atoms in total. The van der Waals surface area contributed by atoms with E-state index in [1.807, 2.05) is 49.4 Å². The van der Waals surface area contributed by atoms with Crippen molar-refractivity contribution in [2.24, 2.45) is 0 Å². The predicted molar refractivity (Wildman–Crippen MR) is 74.1 cm³/mol. The molecule has 0 aromatic heterocycles. The van der Waals surface area contributed by atoms with Crippen LogP contribution in [0.15, 0.2) is 46.9 Å². The first kappa shape index (κ1) is 12.0. The Kier molecular flexibility index (Phi) is 3.69. The first-order valence-corrected chi connectivity index (χ1v) is 6.18. The molecule has 0 amide bonds. The molecule has 88 valence electrons. The van der Waals surface area contributed by atoms with Crippen molar-refractivity contribution in [3.05, 3.63) is 58.1 Å². The Balaban J connectivity index is 2.08. The van der Waals surface area contributed by atoms with E-state index in [0.717, 1.165) is 27.0 Å². The first-order chi connectivity index (χ1) is 8.16. The minimum absolute atomic E-state index is 0.545. The number of halogens is 1. The van der Waals surface area contributed by atoms with Gasteiger partial charge in [0.15, 0.2) is 0 Å². The molecule has 17 heavy (non-hydrogen) atoms. The standard InChI is InChI=1S/C14H14BrNO/c1-10-4-2-3-5-14(10)17-9-11-6-7-13(16)12(15)8-11/h2-8H,9,16H2,1H3. The van der Waals surface area contributed by atoms with Crippen molar-refractivity contribution in [2.45, 2.75) is 13.5 Å². The van der Waals surface area contributed by atoms with E-state index >= 15 is 0 Å². The van der Waals surface area contributed by atoms with Crippen LogP contribution in [0.1, 0.15) is 11.1 Å². The van der Waals surface area contributed by atoms with Crippen molar-refractivity contribution in [1.82, 2.24) is 0 Å². The maximum Gasteiger partial charge on any atom is 0.122 e. The summed E-state index contributed by atoms with van der Waals surface area (Å²) in [5.41, 5.74) is 8.71. The highest BCUT2D eigenvalue weighted by molar-refractivity contribution is 9.10. The lowest BCUT2D eigenvalue weighted by Crippen LogP contribution is -1.97. The van der Waals surface area contributed by atoms with E-state index < -0.39 is 0 Å². The van der Waals surface area contributed by atoms with Gasteiger partial charge in [-0.05, 0) is 52.2 Å². The summed E-state index contributed by atoms with van der Waals surface area (Å²) in [4.78, 5) is 0. The zero-order valence-electron chi connectivity index (χ0n) is 9.61. The molecule has 2 rings (SSSR count). The number of para-hydroxylation sites is 1. The van der Waals surface area contributed by atoms with Crippen LogP contribution in [0.3, 0.4) is 0 Å². The molecule has 0 fully saturated rings. The van der Waals surface area contributed by atoms with Crippen molar-refractivity contribution in [1.29, 1.82) is 0 Å². The summed E-state index contributed by atoms with van der Waals surface area (Å²) in [5, 5.41) is 0. The smallest absolute Gasteiger partial charge is 0.122 e. The van der Waals surface area contributed by atoms with Crippen LogP contribution in [0.25, 0.3) is 0 Å². The minimum atomic E-state index is 0.545. The van der Waals surface area contributed by atoms with Gasteiger partial charge in [0.05, 0.1) is 0 Å². The van der Waals surface area contributed by atoms with Crippen LogP contribution in [-0.4, -0.2) is 0 Å². The number of rotatable bonds is 3. The van der Waals surface area contributed by atoms with Gasteiger partial charge >= 0.3 is 0 Å². The molecule has 0 heterocycles. The summed E-state index contributed by atoms with van der Waals surface area (Å²) in [5.74, 6) is 0.917. The summed E-state index contributed by atoms with van der Waals surface area (Å²) in [6, 6.07) is 13.8. The van der Waals surface area contributed by atoms with Gasteiger partial charge in [-0.15, -0.1) is 0 Å². The lowest BCUT2D eigenvalue weighted by atomic mass is 10.2. The van der Waals surface area contributed by atoms with Gasteiger partial charge in [-0.3, -0.25) is 0 Å². The first-order valence-electron chi connectivity index (χ1n) is 5.39. The van der Waals surface area contributed by atoms with Crippen molar-refractivity contribution in [3.8, 4) is 5.75 Å². The molecule has 0 aliphatic rings. The van der Waals surface area contributed by atoms with E-state index in [1.54, 1.807) is 0 Å². The third-order valence-corrected chi connectivity index (χ3v) is 3.24. The Morgan fingerprint density at radius 1 is 1.18 bits per heavy atom. The molecule has 0 atom stereocenters. The molecule has 3 heteroatoms. The molecule has 0 aliphatic carbocycles. The fraction of sp³-hybridized carbons (Fsp3) is 0.143. The molecule has 0 saturated carbocycles. The van der Waals surface area contributed by atoms with Crippen LogP contribution in [-0.2, 0) is 6.61 Å². The van der Waals surface area contributed by atoms with Gasteiger partial charge in [0.2, 0.25) is 0 Å². The molecular weight excluding hydrogens is 278 g/mol. The summed E-state index contributed by atoms with van der Waals surface area (Å²) in [6.45, 7) is 2.58. The van der Waals surface area contributed by atoms with Gasteiger partial charge in [0.25, 0.3) is 0 Å². The van der Waals surface area contributed by atoms with Gasteiger partial charge in [0.1, 0.15) is 12.4 Å². The van der Waals surface area contributed by atoms with Crippen LogP contribution in [0.5, 0.6) is 5.75 Å². The van der Waals surface area contributed by atoms with E-state index in [0.29, 0.717) is 6.61 Å². The molecule has 2 aromatic rings. The highest BCUT2D eigenvalue weighted by Gasteiger charge is 2.01. The number of aryl methyl sites for hydroxylation is 1. The number of nitrogens with two attached hydrogens (primary N) is 1. The predicted octanol–water partition coefficient (Wildman–Crippen LogP) is 3.92. The topological polar surface area (TPSA) is 35.2 Å². The minimum Gasteiger partial charge on any atom is -0.489 e. The number of ether oxygens (including phenoxy) is 1. The van der Waals surface area contributed by atoms with Crippen molar-refractivity contribution in [3.63, 3.8) is 0 Å². The number of nitrogen functional groups attached to an aromatic ring is 1. The summed E-state index contributed by atoms with van der Waals surface area (Å²) >= 11 is 3.41. The second kappa shape index (κ2) is 5.23. The zero-order chi connectivity index (χ0) is 12.3. The maximum atomic E-state index is 5.76. The maximum absolute atomic E-state index is 5.76. The molecule has 0 aliphatic heterocycles. The normalized spacial score (nSPS) is 10.2. The lowest BCUT2D eigenvalue weighted by Gasteiger charge is -2.09. The van der Waals surface area contributed by atoms with Gasteiger partial charge in [-0.1, -0.05) is 24.3 Å². The summed E-state index contributed by atoms with van der Waals surface area (Å²) in [6.07, 6.45) is 0. The van der Waals surface area contributed by atoms with E-state index in [4.69, 9.17) is 10.5 Å². The van der Waals surface area contributed by atoms with Crippen LogP contribution >= 0.6 is 15.9 Å². The van der Waals surface area contributed by atoms with Crippen LogP contribution in [0.4, 0.5) is 5.69 Å². The van der Waals surface area contributed by atoms with Crippen LogP contribution in [0, 0.1) is 6.92 Å². The number of hydrogen-bond donors (Lipinski definition) is 1. The molecule has 0 unspecified atom stereocenters. The van der Waals surface area contributed by atoms with E-state index in [2.05, 4.69) is 15.9 Å². The molecule has 0 radical (unpaired) electrons. The monoisotopic (exact) mass is 291 g/mol. The molecular formula is C14H14BrNO. The van der Waals surface area contributed by atoms with E-state index in [9.17, 15) is 0 Å².